The molecule has 21 heteroatoms. The number of nitrogens with zero attached hydrogens (tertiary/aromatic N) is 4. The summed E-state index contributed by atoms with van der Waals surface area (Å²) in [5.41, 5.74) is -17.9. The molecule has 0 radical (unpaired) electrons. The van der Waals surface area contributed by atoms with Gasteiger partial charge in [-0.1, -0.05) is 0 Å². The average molecular weight is 672 g/mol. The van der Waals surface area contributed by atoms with Crippen molar-refractivity contribution in [3.05, 3.63) is 63.2 Å². The summed E-state index contributed by atoms with van der Waals surface area (Å²) in [5, 5.41) is 31.7. The fourth-order valence-electron chi connectivity index (χ4n) is 4.46. The summed E-state index contributed by atoms with van der Waals surface area (Å²) in [7, 11) is 0.317. The van der Waals surface area contributed by atoms with E-state index in [1.54, 1.807) is 0 Å². The second kappa shape index (κ2) is 11.3. The van der Waals surface area contributed by atoms with E-state index in [4.69, 9.17) is 10.5 Å². The Bertz CT molecular complexity index is 1520. The number of aliphatic hydroxyl groups excluding tert-OH is 1. The van der Waals surface area contributed by atoms with E-state index in [-0.39, 0.29) is 29.3 Å². The molecule has 1 heterocycles. The molecule has 3 atom stereocenters. The monoisotopic (exact) mass is 672 g/mol. The number of anilines is 1. The number of benzene rings is 2. The molecule has 0 saturated heterocycles. The first-order valence-corrected chi connectivity index (χ1v) is 11.4. The zero-order valence-electron chi connectivity index (χ0n) is 21.4. The van der Waals surface area contributed by atoms with E-state index in [2.05, 4.69) is 9.84 Å². The second-order valence-electron chi connectivity index (χ2n) is 9.04. The van der Waals surface area contributed by atoms with Crippen molar-refractivity contribution in [1.29, 1.82) is 10.5 Å². The Morgan fingerprint density at radius 1 is 0.711 bits per heavy atom. The number of hydrazone groups is 1. The van der Waals surface area contributed by atoms with Gasteiger partial charge in [0.25, 0.3) is 0 Å². The van der Waals surface area contributed by atoms with Crippen molar-refractivity contribution < 1.29 is 75.7 Å². The number of aliphatic hydroxyl groups is 1. The first-order valence-electron chi connectivity index (χ1n) is 11.4. The molecule has 1 aliphatic rings. The third kappa shape index (κ3) is 6.73. The molecule has 0 spiro atoms. The van der Waals surface area contributed by atoms with Crippen molar-refractivity contribution in [3.63, 3.8) is 0 Å². The number of nitriles is 2. The summed E-state index contributed by atoms with van der Waals surface area (Å²) >= 11 is 0. The summed E-state index contributed by atoms with van der Waals surface area (Å²) in [5.74, 6) is -2.91. The quantitative estimate of drug-likeness (QED) is 0.346. The van der Waals surface area contributed by atoms with E-state index in [0.29, 0.717) is 19.2 Å². The van der Waals surface area contributed by atoms with Crippen LogP contribution in [0.2, 0.25) is 0 Å². The maximum Gasteiger partial charge on any atom is 0.417 e. The number of hydrogen-bond acceptors (Lipinski definition) is 6. The fraction of sp³-hybridized carbons (Fsp3) is 0.375. The highest BCUT2D eigenvalue weighted by Gasteiger charge is 2.55. The van der Waals surface area contributed by atoms with Crippen molar-refractivity contribution in [1.82, 2.24) is 0 Å². The molecule has 3 unspecified atom stereocenters. The van der Waals surface area contributed by atoms with Crippen LogP contribution in [0.4, 0.5) is 71.5 Å². The Balaban J connectivity index is 2.49. The summed E-state index contributed by atoms with van der Waals surface area (Å²) in [6, 6.07) is 0.325. The molecule has 2 aromatic rings. The number of alkyl halides is 15. The fourth-order valence-corrected chi connectivity index (χ4v) is 4.46. The van der Waals surface area contributed by atoms with E-state index in [1.807, 2.05) is 0 Å². The molecule has 0 bridgehead atoms. The van der Waals surface area contributed by atoms with Crippen molar-refractivity contribution in [2.24, 2.45) is 11.0 Å². The summed E-state index contributed by atoms with van der Waals surface area (Å²) in [6.45, 7) is 0. The van der Waals surface area contributed by atoms with Crippen LogP contribution in [-0.2, 0) is 29.4 Å². The molecular weight excluding hydrogens is 661 g/mol. The highest BCUT2D eigenvalue weighted by molar-refractivity contribution is 6.05. The Hall–Kier alpha value is -4.24. The van der Waals surface area contributed by atoms with Gasteiger partial charge in [-0.15, -0.1) is 0 Å². The van der Waals surface area contributed by atoms with Gasteiger partial charge in [-0.25, -0.2) is 5.01 Å². The van der Waals surface area contributed by atoms with E-state index >= 15 is 0 Å². The van der Waals surface area contributed by atoms with Gasteiger partial charge in [0.2, 0.25) is 0 Å². The van der Waals surface area contributed by atoms with Crippen LogP contribution in [0, 0.1) is 28.6 Å². The first kappa shape index (κ1) is 35.2. The molecule has 0 amide bonds. The molecule has 6 nitrogen and oxygen atoms in total. The van der Waals surface area contributed by atoms with Gasteiger partial charge < -0.3 is 9.84 Å². The lowest BCUT2D eigenvalue weighted by molar-refractivity contribution is -0.227. The van der Waals surface area contributed by atoms with Gasteiger partial charge in [-0.05, 0) is 29.8 Å². The van der Waals surface area contributed by atoms with Gasteiger partial charge in [0.15, 0.2) is 12.3 Å². The SMILES string of the molecule is COC(C1C(c2cc(C(F)(F)F)c(C#N)c(C(F)(F)F)c2)=NN(c2cc(C(F)(F)F)c(C#N)c(C(F)(F)F)c2)C1O)C(F)(F)F. The summed E-state index contributed by atoms with van der Waals surface area (Å²) in [4.78, 5) is 0. The Morgan fingerprint density at radius 2 is 1.07 bits per heavy atom. The molecule has 1 N–H and O–H groups in total. The van der Waals surface area contributed by atoms with Gasteiger partial charge >= 0.3 is 30.9 Å². The Morgan fingerprint density at radius 3 is 1.36 bits per heavy atom. The van der Waals surface area contributed by atoms with Gasteiger partial charge in [0.05, 0.1) is 50.7 Å². The van der Waals surface area contributed by atoms with Gasteiger partial charge in [-0.2, -0.15) is 81.5 Å². The normalized spacial score (nSPS) is 18.8. The van der Waals surface area contributed by atoms with Crippen molar-refractivity contribution in [2.75, 3.05) is 12.1 Å². The molecular formula is C24H11F15N4O2. The van der Waals surface area contributed by atoms with Crippen LogP contribution in [-0.4, -0.2) is 36.4 Å². The molecule has 2 aromatic carbocycles. The lowest BCUT2D eigenvalue weighted by Gasteiger charge is -2.30. The lowest BCUT2D eigenvalue weighted by Crippen LogP contribution is -2.48. The largest absolute Gasteiger partial charge is 0.417 e. The maximum absolute atomic E-state index is 13.9. The Kier molecular flexibility index (Phi) is 8.84. The smallest absolute Gasteiger partial charge is 0.371 e. The highest BCUT2D eigenvalue weighted by Crippen LogP contribution is 2.46. The van der Waals surface area contributed by atoms with Crippen molar-refractivity contribution in [2.45, 2.75) is 43.2 Å². The van der Waals surface area contributed by atoms with E-state index in [9.17, 15) is 71.0 Å². The zero-order chi connectivity index (χ0) is 34.7. The lowest BCUT2D eigenvalue weighted by atomic mass is 9.87. The number of hydrogen-bond donors (Lipinski definition) is 1. The number of ether oxygens (including phenoxy) is 1. The van der Waals surface area contributed by atoms with Crippen LogP contribution in [0.1, 0.15) is 38.9 Å². The molecule has 0 aromatic heterocycles. The standard InChI is InChI=1S/C24H11F15N4O2/c1-45-18(24(37,38)39)16-17(8-2-12(20(25,26)27)10(6-40)13(3-8)21(28,29)30)42-43(19(16)44)9-4-14(22(31,32)33)11(7-41)15(5-9)23(34,35)36/h2-5,16,18-19,44H,1H3. The molecule has 0 saturated carbocycles. The van der Waals surface area contributed by atoms with Crippen LogP contribution in [0.25, 0.3) is 0 Å². The van der Waals surface area contributed by atoms with E-state index < -0.39 is 99.5 Å². The summed E-state index contributed by atoms with van der Waals surface area (Å²) in [6.07, 6.45) is -35.1. The highest BCUT2D eigenvalue weighted by atomic mass is 19.4. The second-order valence-corrected chi connectivity index (χ2v) is 9.04. The topological polar surface area (TPSA) is 92.6 Å². The van der Waals surface area contributed by atoms with Crippen LogP contribution < -0.4 is 5.01 Å². The van der Waals surface area contributed by atoms with Crippen LogP contribution in [0.15, 0.2) is 29.4 Å². The minimum absolute atomic E-state index is 0.253. The van der Waals surface area contributed by atoms with Gasteiger partial charge in [0, 0.05) is 7.11 Å². The average Bonchev–Trinajstić information content (AvgIpc) is 3.21. The van der Waals surface area contributed by atoms with Gasteiger partial charge in [0.1, 0.15) is 12.1 Å². The first-order chi connectivity index (χ1) is 20.3. The van der Waals surface area contributed by atoms with Crippen LogP contribution in [0.5, 0.6) is 0 Å². The molecule has 0 aliphatic carbocycles. The molecule has 244 valence electrons. The Labute approximate surface area is 240 Å². The van der Waals surface area contributed by atoms with Crippen LogP contribution >= 0.6 is 0 Å². The predicted octanol–water partition coefficient (Wildman–Crippen LogP) is 7.24. The number of rotatable bonds is 4. The molecule has 3 rings (SSSR count). The van der Waals surface area contributed by atoms with E-state index in [0.717, 1.165) is 0 Å². The predicted molar refractivity (Wildman–Crippen MR) is 118 cm³/mol. The summed E-state index contributed by atoms with van der Waals surface area (Å²) < 4.78 is 210. The number of halogens is 15. The zero-order valence-corrected chi connectivity index (χ0v) is 21.4. The maximum atomic E-state index is 13.9. The minimum atomic E-state index is -5.77. The van der Waals surface area contributed by atoms with Gasteiger partial charge in [-0.3, -0.25) is 0 Å². The molecule has 45 heavy (non-hydrogen) atoms. The van der Waals surface area contributed by atoms with E-state index in [1.165, 1.54) is 0 Å². The number of methoxy groups -OCH3 is 1. The minimum Gasteiger partial charge on any atom is -0.371 e. The van der Waals surface area contributed by atoms with Crippen molar-refractivity contribution >= 4 is 11.4 Å². The third-order valence-electron chi connectivity index (χ3n) is 6.27. The third-order valence-corrected chi connectivity index (χ3v) is 6.27. The molecule has 1 aliphatic heterocycles. The van der Waals surface area contributed by atoms with Crippen LogP contribution in [0.3, 0.4) is 0 Å². The van der Waals surface area contributed by atoms with Crippen molar-refractivity contribution in [3.8, 4) is 12.1 Å². The molecule has 0 fully saturated rings.